The summed E-state index contributed by atoms with van der Waals surface area (Å²) in [5, 5.41) is 1.82. The first kappa shape index (κ1) is 16.3. The third-order valence-corrected chi connectivity index (χ3v) is 4.65. The molecule has 2 aromatic rings. The first-order chi connectivity index (χ1) is 12.5. The van der Waals surface area contributed by atoms with Crippen LogP contribution in [-0.2, 0) is 21.0 Å². The third-order valence-electron chi connectivity index (χ3n) is 4.65. The third kappa shape index (κ3) is 2.72. The van der Waals surface area contributed by atoms with Gasteiger partial charge in [-0.1, -0.05) is 24.3 Å². The smallest absolute Gasteiger partial charge is 0.349 e. The Labute approximate surface area is 148 Å². The number of aromatic nitrogens is 1. The lowest BCUT2D eigenvalue weighted by Gasteiger charge is -2.46. The van der Waals surface area contributed by atoms with Crippen molar-refractivity contribution in [3.63, 3.8) is 0 Å². The zero-order valence-electron chi connectivity index (χ0n) is 13.9. The SMILES string of the molecule is NC(=O)N1OC(=O)C(=O)N2CCN(Cc3cccc4cccnc34)CC21. The van der Waals surface area contributed by atoms with Gasteiger partial charge in [-0.25, -0.2) is 9.59 Å². The number of rotatable bonds is 2. The molecule has 134 valence electrons. The van der Waals surface area contributed by atoms with Crippen molar-refractivity contribution in [3.05, 3.63) is 42.1 Å². The van der Waals surface area contributed by atoms with E-state index >= 15 is 0 Å². The average molecular weight is 355 g/mol. The van der Waals surface area contributed by atoms with Gasteiger partial charge in [0.25, 0.3) is 0 Å². The molecule has 2 aliphatic heterocycles. The molecule has 4 rings (SSSR count). The lowest BCUT2D eigenvalue weighted by Crippen LogP contribution is -2.68. The number of hydrogen-bond acceptors (Lipinski definition) is 6. The van der Waals surface area contributed by atoms with Crippen LogP contribution in [0.5, 0.6) is 0 Å². The molecular formula is C17H17N5O4. The molecule has 9 nitrogen and oxygen atoms in total. The van der Waals surface area contributed by atoms with Gasteiger partial charge >= 0.3 is 17.9 Å². The highest BCUT2D eigenvalue weighted by atomic mass is 16.7. The lowest BCUT2D eigenvalue weighted by atomic mass is 10.1. The van der Waals surface area contributed by atoms with Gasteiger partial charge in [-0.3, -0.25) is 14.7 Å². The van der Waals surface area contributed by atoms with Gasteiger partial charge in [0.2, 0.25) is 0 Å². The summed E-state index contributed by atoms with van der Waals surface area (Å²) in [6.07, 6.45) is 1.02. The van der Waals surface area contributed by atoms with Crippen LogP contribution in [0, 0.1) is 0 Å². The molecule has 9 heteroatoms. The van der Waals surface area contributed by atoms with Crippen molar-refractivity contribution in [3.8, 4) is 0 Å². The summed E-state index contributed by atoms with van der Waals surface area (Å²) in [5.41, 5.74) is 7.25. The number of hydrogen-bond donors (Lipinski definition) is 1. The highest BCUT2D eigenvalue weighted by Gasteiger charge is 2.46. The van der Waals surface area contributed by atoms with Crippen LogP contribution >= 0.6 is 0 Å². The molecule has 0 spiro atoms. The first-order valence-electron chi connectivity index (χ1n) is 8.21. The second kappa shape index (κ2) is 6.26. The second-order valence-corrected chi connectivity index (χ2v) is 6.25. The quantitative estimate of drug-likeness (QED) is 0.763. The molecule has 1 aromatic carbocycles. The lowest BCUT2D eigenvalue weighted by molar-refractivity contribution is -0.226. The minimum absolute atomic E-state index is 0.306. The fourth-order valence-electron chi connectivity index (χ4n) is 3.43. The number of fused-ring (bicyclic) bond motifs is 2. The number of nitrogens with two attached hydrogens (primary N) is 1. The largest absolute Gasteiger partial charge is 0.421 e. The zero-order chi connectivity index (χ0) is 18.3. The van der Waals surface area contributed by atoms with Gasteiger partial charge in [-0.05, 0) is 11.6 Å². The van der Waals surface area contributed by atoms with Crippen molar-refractivity contribution in [2.45, 2.75) is 12.7 Å². The Kier molecular flexibility index (Phi) is 3.92. The predicted octanol–water partition coefficient (Wildman–Crippen LogP) is 0.0576. The molecule has 2 N–H and O–H groups in total. The van der Waals surface area contributed by atoms with E-state index in [0.717, 1.165) is 21.5 Å². The van der Waals surface area contributed by atoms with Crippen molar-refractivity contribution in [2.24, 2.45) is 5.73 Å². The van der Waals surface area contributed by atoms with Crippen molar-refractivity contribution < 1.29 is 19.2 Å². The van der Waals surface area contributed by atoms with Crippen LogP contribution < -0.4 is 5.73 Å². The Hall–Kier alpha value is -3.20. The maximum absolute atomic E-state index is 12.0. The maximum Gasteiger partial charge on any atom is 0.421 e. The van der Waals surface area contributed by atoms with Crippen LogP contribution in [0.3, 0.4) is 0 Å². The number of urea groups is 1. The molecule has 1 unspecified atom stereocenters. The first-order valence-corrected chi connectivity index (χ1v) is 8.21. The molecular weight excluding hydrogens is 338 g/mol. The number of para-hydroxylation sites is 1. The van der Waals surface area contributed by atoms with Crippen molar-refractivity contribution >= 4 is 28.8 Å². The minimum Gasteiger partial charge on any atom is -0.349 e. The van der Waals surface area contributed by atoms with Crippen LogP contribution in [0.25, 0.3) is 10.9 Å². The monoisotopic (exact) mass is 355 g/mol. The summed E-state index contributed by atoms with van der Waals surface area (Å²) < 4.78 is 0. The summed E-state index contributed by atoms with van der Waals surface area (Å²) >= 11 is 0. The molecule has 0 aliphatic carbocycles. The summed E-state index contributed by atoms with van der Waals surface area (Å²) in [6.45, 7) is 1.78. The molecule has 26 heavy (non-hydrogen) atoms. The molecule has 2 fully saturated rings. The van der Waals surface area contributed by atoms with E-state index in [2.05, 4.69) is 9.88 Å². The average Bonchev–Trinajstić information content (AvgIpc) is 2.65. The highest BCUT2D eigenvalue weighted by Crippen LogP contribution is 2.23. The molecule has 3 amide bonds. The number of carbonyl (C=O) groups excluding carboxylic acids is 3. The van der Waals surface area contributed by atoms with Crippen LogP contribution in [0.4, 0.5) is 4.79 Å². The maximum atomic E-state index is 12.0. The van der Waals surface area contributed by atoms with E-state index in [9.17, 15) is 14.4 Å². The van der Waals surface area contributed by atoms with Gasteiger partial charge in [-0.15, -0.1) is 5.06 Å². The number of amides is 3. The highest BCUT2D eigenvalue weighted by molar-refractivity contribution is 6.33. The van der Waals surface area contributed by atoms with Crippen LogP contribution in [0.15, 0.2) is 36.5 Å². The van der Waals surface area contributed by atoms with E-state index in [4.69, 9.17) is 10.6 Å². The number of piperazine rings is 1. The van der Waals surface area contributed by atoms with Crippen LogP contribution in [0.2, 0.25) is 0 Å². The van der Waals surface area contributed by atoms with Crippen molar-refractivity contribution in [1.82, 2.24) is 19.8 Å². The topological polar surface area (TPSA) is 109 Å². The van der Waals surface area contributed by atoms with Crippen LogP contribution in [0.1, 0.15) is 5.56 Å². The van der Waals surface area contributed by atoms with Gasteiger partial charge in [0, 0.05) is 37.8 Å². The molecule has 2 aliphatic rings. The number of pyridine rings is 1. The summed E-state index contributed by atoms with van der Waals surface area (Å²) in [7, 11) is 0. The number of nitrogens with zero attached hydrogens (tertiary/aromatic N) is 4. The molecule has 0 bridgehead atoms. The van der Waals surface area contributed by atoms with E-state index in [0.29, 0.717) is 26.2 Å². The van der Waals surface area contributed by atoms with E-state index in [1.165, 1.54) is 4.90 Å². The van der Waals surface area contributed by atoms with Gasteiger partial charge in [0.05, 0.1) is 5.52 Å². The Morgan fingerprint density at radius 3 is 2.85 bits per heavy atom. The Bertz CT molecular complexity index is 894. The second-order valence-electron chi connectivity index (χ2n) is 6.25. The zero-order valence-corrected chi connectivity index (χ0v) is 13.9. The van der Waals surface area contributed by atoms with Gasteiger partial charge < -0.3 is 15.5 Å². The van der Waals surface area contributed by atoms with Crippen molar-refractivity contribution in [2.75, 3.05) is 19.6 Å². The standard InChI is InChI=1S/C17H17N5O4/c18-17(25)22-13-10-20(7-8-21(13)15(23)16(24)26-22)9-12-4-1-3-11-5-2-6-19-14(11)12/h1-6,13H,7-10H2,(H2,18,25). The van der Waals surface area contributed by atoms with E-state index in [1.807, 2.05) is 30.3 Å². The fraction of sp³-hybridized carbons (Fsp3) is 0.294. The van der Waals surface area contributed by atoms with Crippen LogP contribution in [-0.4, -0.2) is 63.6 Å². The number of hydroxylamine groups is 2. The molecule has 1 aromatic heterocycles. The Morgan fingerprint density at radius 2 is 2.04 bits per heavy atom. The van der Waals surface area contributed by atoms with Gasteiger partial charge in [0.1, 0.15) is 0 Å². The fourth-order valence-corrected chi connectivity index (χ4v) is 3.43. The van der Waals surface area contributed by atoms with E-state index in [1.54, 1.807) is 6.20 Å². The number of benzene rings is 1. The molecule has 0 saturated carbocycles. The summed E-state index contributed by atoms with van der Waals surface area (Å²) in [4.78, 5) is 47.9. The van der Waals surface area contributed by atoms with Gasteiger partial charge in [-0.2, -0.15) is 0 Å². The molecule has 3 heterocycles. The van der Waals surface area contributed by atoms with Crippen molar-refractivity contribution in [1.29, 1.82) is 0 Å². The number of primary amides is 1. The normalized spacial score (nSPS) is 20.8. The minimum atomic E-state index is -1.09. The van der Waals surface area contributed by atoms with E-state index < -0.39 is 24.1 Å². The Morgan fingerprint density at radius 1 is 1.23 bits per heavy atom. The predicted molar refractivity (Wildman–Crippen MR) is 90.0 cm³/mol. The molecule has 1 atom stereocenters. The summed E-state index contributed by atoms with van der Waals surface area (Å²) in [5.74, 6) is -1.84. The molecule has 2 saturated heterocycles. The Balaban J connectivity index is 1.57. The molecule has 0 radical (unpaired) electrons. The van der Waals surface area contributed by atoms with Gasteiger partial charge in [0.15, 0.2) is 6.17 Å². The summed E-state index contributed by atoms with van der Waals surface area (Å²) in [6, 6.07) is 8.94. The van der Waals surface area contributed by atoms with E-state index in [-0.39, 0.29) is 0 Å². The number of carbonyl (C=O) groups is 3.